The van der Waals surface area contributed by atoms with E-state index in [0.29, 0.717) is 13.0 Å². The van der Waals surface area contributed by atoms with Gasteiger partial charge in [-0.05, 0) is 12.8 Å². The van der Waals surface area contributed by atoms with Crippen molar-refractivity contribution >= 4 is 17.8 Å². The molecule has 0 bridgehead atoms. The van der Waals surface area contributed by atoms with Crippen LogP contribution in [0.3, 0.4) is 0 Å². The van der Waals surface area contributed by atoms with Crippen LogP contribution in [0.2, 0.25) is 0 Å². The van der Waals surface area contributed by atoms with Crippen molar-refractivity contribution in [1.82, 2.24) is 4.90 Å². The largest absolute Gasteiger partial charge is 0.481 e. The Morgan fingerprint density at radius 3 is 1.45 bits per heavy atom. The monoisotopic (exact) mass is 413 g/mol. The van der Waals surface area contributed by atoms with Gasteiger partial charge in [0, 0.05) is 19.9 Å². The summed E-state index contributed by atoms with van der Waals surface area (Å²) in [5.41, 5.74) is 5.51. The summed E-state index contributed by atoms with van der Waals surface area (Å²) in [6.45, 7) is 6.01. The third-order valence-electron chi connectivity index (χ3n) is 4.82. The van der Waals surface area contributed by atoms with Crippen LogP contribution in [0.4, 0.5) is 0 Å². The van der Waals surface area contributed by atoms with E-state index in [2.05, 4.69) is 13.8 Å². The maximum atomic E-state index is 12.1. The van der Waals surface area contributed by atoms with Crippen LogP contribution in [0.5, 0.6) is 0 Å². The Morgan fingerprint density at radius 1 is 0.759 bits per heavy atom. The van der Waals surface area contributed by atoms with Crippen LogP contribution in [0, 0.1) is 5.41 Å². The quantitative estimate of drug-likeness (QED) is 0.152. The number of carboxylic acids is 1. The molecule has 0 rings (SSSR count). The van der Waals surface area contributed by atoms with Gasteiger partial charge < -0.3 is 10.8 Å². The Bertz CT molecular complexity index is 410. The molecular formula is C23H47N3O3. The molecule has 29 heavy (non-hydrogen) atoms. The molecule has 0 aliphatic rings. The normalized spacial score (nSPS) is 10.2. The number of aliphatic carboxylic acids is 1. The first kappa shape index (κ1) is 29.6. The maximum Gasteiger partial charge on any atom is 0.300 e. The predicted molar refractivity (Wildman–Crippen MR) is 122 cm³/mol. The zero-order valence-electron chi connectivity index (χ0n) is 19.3. The van der Waals surface area contributed by atoms with Crippen LogP contribution >= 0.6 is 0 Å². The van der Waals surface area contributed by atoms with E-state index in [4.69, 9.17) is 21.0 Å². The minimum Gasteiger partial charge on any atom is -0.481 e. The highest BCUT2D eigenvalue weighted by Crippen LogP contribution is 2.13. The van der Waals surface area contributed by atoms with E-state index in [-0.39, 0.29) is 11.9 Å². The second-order valence-electron chi connectivity index (χ2n) is 7.80. The number of hydrogen-bond acceptors (Lipinski definition) is 3. The number of hydrogen-bond donors (Lipinski definition) is 3. The number of rotatable bonds is 17. The summed E-state index contributed by atoms with van der Waals surface area (Å²) in [6, 6.07) is 0. The van der Waals surface area contributed by atoms with Crippen molar-refractivity contribution in [1.29, 1.82) is 5.41 Å². The summed E-state index contributed by atoms with van der Waals surface area (Å²) in [7, 11) is 0. The summed E-state index contributed by atoms with van der Waals surface area (Å²) < 4.78 is 0. The lowest BCUT2D eigenvalue weighted by Crippen LogP contribution is -2.41. The van der Waals surface area contributed by atoms with Gasteiger partial charge in [0.1, 0.15) is 0 Å². The molecule has 0 aromatic rings. The number of guanidine groups is 1. The van der Waals surface area contributed by atoms with Gasteiger partial charge >= 0.3 is 0 Å². The molecule has 0 atom stereocenters. The third kappa shape index (κ3) is 24.4. The first-order valence-electron chi connectivity index (χ1n) is 11.7. The molecule has 0 aliphatic carbocycles. The molecule has 0 spiro atoms. The molecule has 0 heterocycles. The lowest BCUT2D eigenvalue weighted by Gasteiger charge is -2.20. The number of nitrogens with one attached hydrogen (secondary N) is 1. The average Bonchev–Trinajstić information content (AvgIpc) is 2.65. The fourth-order valence-corrected chi connectivity index (χ4v) is 3.12. The highest BCUT2D eigenvalue weighted by atomic mass is 16.4. The van der Waals surface area contributed by atoms with E-state index in [1.54, 1.807) is 0 Å². The van der Waals surface area contributed by atoms with Gasteiger partial charge in [-0.3, -0.25) is 19.9 Å². The van der Waals surface area contributed by atoms with E-state index < -0.39 is 5.97 Å². The van der Waals surface area contributed by atoms with Gasteiger partial charge in [0.05, 0.1) is 0 Å². The van der Waals surface area contributed by atoms with Crippen LogP contribution in [0.25, 0.3) is 0 Å². The predicted octanol–water partition coefficient (Wildman–Crippen LogP) is 6.08. The Kier molecular flexibility index (Phi) is 23.2. The number of carbonyl (C=O) groups excluding carboxylic acids is 1. The Labute approximate surface area is 179 Å². The van der Waals surface area contributed by atoms with Gasteiger partial charge in [0.25, 0.3) is 5.97 Å². The minimum atomic E-state index is -0.833. The van der Waals surface area contributed by atoms with Crippen LogP contribution in [0.15, 0.2) is 0 Å². The van der Waals surface area contributed by atoms with E-state index >= 15 is 0 Å². The highest BCUT2D eigenvalue weighted by Gasteiger charge is 2.14. The van der Waals surface area contributed by atoms with Crippen LogP contribution < -0.4 is 5.73 Å². The smallest absolute Gasteiger partial charge is 0.300 e. The number of carbonyl (C=O) groups is 2. The second kappa shape index (κ2) is 22.7. The Balaban J connectivity index is 0. The van der Waals surface area contributed by atoms with Gasteiger partial charge in [-0.1, -0.05) is 97.3 Å². The van der Waals surface area contributed by atoms with Gasteiger partial charge in [0.2, 0.25) is 5.91 Å². The average molecular weight is 414 g/mol. The zero-order valence-corrected chi connectivity index (χ0v) is 19.3. The number of carboxylic acid groups (broad SMARTS) is 1. The molecule has 6 heteroatoms. The van der Waals surface area contributed by atoms with E-state index in [0.717, 1.165) is 32.6 Å². The SMILES string of the molecule is CC(=O)O.CCCCCCCCCCCCCCCC(=O)N(CCCC)C(=N)N. The van der Waals surface area contributed by atoms with Crippen molar-refractivity contribution in [2.45, 2.75) is 124 Å². The van der Waals surface area contributed by atoms with Gasteiger partial charge in [-0.25, -0.2) is 0 Å². The Hall–Kier alpha value is -1.59. The molecule has 0 unspecified atom stereocenters. The molecule has 6 nitrogen and oxygen atoms in total. The van der Waals surface area contributed by atoms with E-state index in [9.17, 15) is 4.79 Å². The van der Waals surface area contributed by atoms with Crippen molar-refractivity contribution in [2.75, 3.05) is 6.54 Å². The van der Waals surface area contributed by atoms with Gasteiger partial charge in [0.15, 0.2) is 5.96 Å². The summed E-state index contributed by atoms with van der Waals surface area (Å²) in [6.07, 6.45) is 19.4. The molecule has 1 amide bonds. The van der Waals surface area contributed by atoms with E-state index in [1.807, 2.05) is 0 Å². The molecule has 172 valence electrons. The van der Waals surface area contributed by atoms with Crippen molar-refractivity contribution < 1.29 is 14.7 Å². The molecule has 0 fully saturated rings. The fraction of sp³-hybridized carbons (Fsp3) is 0.870. The lowest BCUT2D eigenvalue weighted by molar-refractivity contribution is -0.134. The summed E-state index contributed by atoms with van der Waals surface area (Å²) in [5, 5.41) is 14.9. The highest BCUT2D eigenvalue weighted by molar-refractivity contribution is 5.94. The molecule has 0 aromatic heterocycles. The van der Waals surface area contributed by atoms with Crippen molar-refractivity contribution in [3.63, 3.8) is 0 Å². The first-order chi connectivity index (χ1) is 13.9. The minimum absolute atomic E-state index is 0.0176. The standard InChI is InChI=1S/C21H43N3O.C2H4O2/c1-3-5-7-8-9-10-11-12-13-14-15-16-17-18-20(25)24(21(22)23)19-6-4-2;1-2(3)4/h3-19H2,1-2H3,(H3,22,23);1H3,(H,3,4). The maximum absolute atomic E-state index is 12.1. The summed E-state index contributed by atoms with van der Waals surface area (Å²) in [4.78, 5) is 22.5. The van der Waals surface area contributed by atoms with Gasteiger partial charge in [-0.2, -0.15) is 0 Å². The zero-order chi connectivity index (χ0) is 22.3. The first-order valence-corrected chi connectivity index (χ1v) is 11.7. The number of unbranched alkanes of at least 4 members (excludes halogenated alkanes) is 13. The van der Waals surface area contributed by atoms with Gasteiger partial charge in [-0.15, -0.1) is 0 Å². The Morgan fingerprint density at radius 2 is 1.10 bits per heavy atom. The number of nitrogens with two attached hydrogens (primary N) is 1. The van der Waals surface area contributed by atoms with Crippen molar-refractivity contribution in [3.8, 4) is 0 Å². The summed E-state index contributed by atoms with van der Waals surface area (Å²) in [5.74, 6) is -0.919. The molecule has 0 radical (unpaired) electrons. The summed E-state index contributed by atoms with van der Waals surface area (Å²) >= 11 is 0. The number of nitrogens with zero attached hydrogens (tertiary/aromatic N) is 1. The molecule has 0 aliphatic heterocycles. The topological polar surface area (TPSA) is 107 Å². The number of amides is 1. The molecule has 4 N–H and O–H groups in total. The lowest BCUT2D eigenvalue weighted by atomic mass is 10.0. The van der Waals surface area contributed by atoms with Crippen LogP contribution in [0.1, 0.15) is 124 Å². The van der Waals surface area contributed by atoms with E-state index in [1.165, 1.54) is 75.5 Å². The fourth-order valence-electron chi connectivity index (χ4n) is 3.12. The second-order valence-corrected chi connectivity index (χ2v) is 7.80. The molecule has 0 saturated carbocycles. The molecular weight excluding hydrogens is 366 g/mol. The van der Waals surface area contributed by atoms with Crippen molar-refractivity contribution in [2.24, 2.45) is 5.73 Å². The molecule has 0 saturated heterocycles. The molecule has 0 aromatic carbocycles. The van der Waals surface area contributed by atoms with Crippen LogP contribution in [-0.2, 0) is 9.59 Å². The van der Waals surface area contributed by atoms with Crippen LogP contribution in [-0.4, -0.2) is 34.4 Å². The third-order valence-corrected chi connectivity index (χ3v) is 4.82. The van der Waals surface area contributed by atoms with Crippen molar-refractivity contribution in [3.05, 3.63) is 0 Å².